The van der Waals surface area contributed by atoms with Crippen LogP contribution in [-0.4, -0.2) is 38.2 Å². The molecule has 0 heterocycles. The lowest BCUT2D eigenvalue weighted by Crippen LogP contribution is -2.27. The summed E-state index contributed by atoms with van der Waals surface area (Å²) in [4.78, 5) is 24.3. The number of carbonyl (C=O) groups excluding carboxylic acids is 2. The molecule has 0 bridgehead atoms. The molecule has 30 heavy (non-hydrogen) atoms. The Labute approximate surface area is 175 Å². The molecule has 7 heteroatoms. The predicted molar refractivity (Wildman–Crippen MR) is 110 cm³/mol. The van der Waals surface area contributed by atoms with Crippen LogP contribution in [0.2, 0.25) is 0 Å². The third-order valence-electron chi connectivity index (χ3n) is 4.11. The highest BCUT2D eigenvalue weighted by atomic mass is 19.1. The molecular formula is C23H27FO6. The number of hydrogen-bond donors (Lipinski definition) is 0. The zero-order valence-electron chi connectivity index (χ0n) is 17.9. The van der Waals surface area contributed by atoms with Crippen LogP contribution >= 0.6 is 0 Å². The molecule has 0 saturated heterocycles. The van der Waals surface area contributed by atoms with Crippen LogP contribution in [0.1, 0.15) is 43.1 Å². The maximum absolute atomic E-state index is 14.3. The van der Waals surface area contributed by atoms with Gasteiger partial charge in [-0.2, -0.15) is 0 Å². The molecule has 0 saturated carbocycles. The van der Waals surface area contributed by atoms with Gasteiger partial charge in [-0.3, -0.25) is 4.79 Å². The van der Waals surface area contributed by atoms with Gasteiger partial charge < -0.3 is 18.9 Å². The Balaban J connectivity index is 2.00. The van der Waals surface area contributed by atoms with E-state index in [1.807, 2.05) is 0 Å². The maximum atomic E-state index is 14.3. The molecule has 0 aliphatic heterocycles. The van der Waals surface area contributed by atoms with Crippen LogP contribution in [0.15, 0.2) is 36.4 Å². The molecule has 0 aliphatic carbocycles. The lowest BCUT2D eigenvalue weighted by molar-refractivity contribution is -0.157. The first-order valence-corrected chi connectivity index (χ1v) is 9.51. The van der Waals surface area contributed by atoms with Gasteiger partial charge in [0.15, 0.2) is 23.9 Å². The SMILES string of the molecule is COc1cc(F)c(CCC(=O)c2cccc(OCC(=O)OC(C)(C)C)c2)cc1OC. The Bertz CT molecular complexity index is 901. The van der Waals surface area contributed by atoms with Crippen LogP contribution in [0.5, 0.6) is 17.2 Å². The zero-order valence-corrected chi connectivity index (χ0v) is 17.9. The van der Waals surface area contributed by atoms with Gasteiger partial charge in [0.2, 0.25) is 0 Å². The van der Waals surface area contributed by atoms with E-state index in [0.29, 0.717) is 28.4 Å². The molecule has 0 N–H and O–H groups in total. The Kier molecular flexibility index (Phi) is 7.80. The van der Waals surface area contributed by atoms with Crippen LogP contribution in [0.25, 0.3) is 0 Å². The minimum atomic E-state index is -0.600. The molecule has 0 radical (unpaired) electrons. The first kappa shape index (κ1) is 23.2. The number of rotatable bonds is 9. The first-order valence-electron chi connectivity index (χ1n) is 9.51. The highest BCUT2D eigenvalue weighted by molar-refractivity contribution is 5.96. The molecule has 0 fully saturated rings. The number of benzene rings is 2. The van der Waals surface area contributed by atoms with E-state index in [1.54, 1.807) is 45.0 Å². The number of carbonyl (C=O) groups is 2. The van der Waals surface area contributed by atoms with Crippen LogP contribution < -0.4 is 14.2 Å². The van der Waals surface area contributed by atoms with Gasteiger partial charge in [0.25, 0.3) is 0 Å². The van der Waals surface area contributed by atoms with Gasteiger partial charge in [-0.05, 0) is 51.0 Å². The Morgan fingerprint density at radius 2 is 1.67 bits per heavy atom. The number of hydrogen-bond acceptors (Lipinski definition) is 6. The van der Waals surface area contributed by atoms with Crippen molar-refractivity contribution in [3.63, 3.8) is 0 Å². The van der Waals surface area contributed by atoms with E-state index in [9.17, 15) is 14.0 Å². The monoisotopic (exact) mass is 418 g/mol. The number of methoxy groups -OCH3 is 2. The molecular weight excluding hydrogens is 391 g/mol. The fourth-order valence-corrected chi connectivity index (χ4v) is 2.75. The maximum Gasteiger partial charge on any atom is 0.344 e. The molecule has 2 rings (SSSR count). The molecule has 6 nitrogen and oxygen atoms in total. The summed E-state index contributed by atoms with van der Waals surface area (Å²) < 4.78 is 35.1. The molecule has 0 amide bonds. The van der Waals surface area contributed by atoms with Crippen molar-refractivity contribution in [3.05, 3.63) is 53.3 Å². The van der Waals surface area contributed by atoms with Crippen LogP contribution in [0, 0.1) is 5.82 Å². The van der Waals surface area contributed by atoms with E-state index in [2.05, 4.69) is 0 Å². The summed E-state index contributed by atoms with van der Waals surface area (Å²) >= 11 is 0. The lowest BCUT2D eigenvalue weighted by Gasteiger charge is -2.19. The fraction of sp³-hybridized carbons (Fsp3) is 0.391. The molecule has 0 unspecified atom stereocenters. The second-order valence-corrected chi connectivity index (χ2v) is 7.62. The second-order valence-electron chi connectivity index (χ2n) is 7.62. The summed E-state index contributed by atoms with van der Waals surface area (Å²) in [5.41, 5.74) is 0.174. The van der Waals surface area contributed by atoms with E-state index in [-0.39, 0.29) is 25.2 Å². The molecule has 0 aromatic heterocycles. The van der Waals surface area contributed by atoms with Gasteiger partial charge in [-0.15, -0.1) is 0 Å². The zero-order chi connectivity index (χ0) is 22.3. The highest BCUT2D eigenvalue weighted by Crippen LogP contribution is 2.30. The molecule has 0 spiro atoms. The summed E-state index contributed by atoms with van der Waals surface area (Å²) in [5, 5.41) is 0. The van der Waals surface area contributed by atoms with Crippen molar-refractivity contribution in [3.8, 4) is 17.2 Å². The predicted octanol–water partition coefficient (Wildman–Crippen LogP) is 4.38. The molecule has 2 aromatic rings. The van der Waals surface area contributed by atoms with Gasteiger partial charge in [-0.1, -0.05) is 12.1 Å². The molecule has 0 aliphatic rings. The Hall–Kier alpha value is -3.09. The van der Waals surface area contributed by atoms with E-state index in [0.717, 1.165) is 0 Å². The van der Waals surface area contributed by atoms with Crippen LogP contribution in [0.4, 0.5) is 4.39 Å². The third-order valence-corrected chi connectivity index (χ3v) is 4.11. The van der Waals surface area contributed by atoms with Crippen molar-refractivity contribution in [1.29, 1.82) is 0 Å². The summed E-state index contributed by atoms with van der Waals surface area (Å²) in [5.74, 6) is -0.0623. The topological polar surface area (TPSA) is 71.1 Å². The van der Waals surface area contributed by atoms with E-state index in [4.69, 9.17) is 18.9 Å². The summed E-state index contributed by atoms with van der Waals surface area (Å²) in [7, 11) is 2.89. The second kappa shape index (κ2) is 10.1. The summed E-state index contributed by atoms with van der Waals surface area (Å²) in [6.45, 7) is 5.05. The molecule has 162 valence electrons. The quantitative estimate of drug-likeness (QED) is 0.445. The van der Waals surface area contributed by atoms with Gasteiger partial charge in [0.05, 0.1) is 14.2 Å². The average molecular weight is 418 g/mol. The highest BCUT2D eigenvalue weighted by Gasteiger charge is 2.17. The summed E-state index contributed by atoms with van der Waals surface area (Å²) in [6, 6.07) is 9.28. The first-order chi connectivity index (χ1) is 14.1. The fourth-order valence-electron chi connectivity index (χ4n) is 2.75. The largest absolute Gasteiger partial charge is 0.493 e. The Morgan fingerprint density at radius 1 is 1.00 bits per heavy atom. The van der Waals surface area contributed by atoms with Crippen molar-refractivity contribution in [2.75, 3.05) is 20.8 Å². The van der Waals surface area contributed by atoms with Crippen molar-refractivity contribution >= 4 is 11.8 Å². The number of ketones is 1. The van der Waals surface area contributed by atoms with Crippen molar-refractivity contribution in [2.24, 2.45) is 0 Å². The number of halogens is 1. The van der Waals surface area contributed by atoms with Gasteiger partial charge in [0, 0.05) is 18.1 Å². The lowest BCUT2D eigenvalue weighted by atomic mass is 10.0. The van der Waals surface area contributed by atoms with Crippen molar-refractivity contribution in [2.45, 2.75) is 39.2 Å². The normalized spacial score (nSPS) is 11.0. The van der Waals surface area contributed by atoms with E-state index in [1.165, 1.54) is 26.4 Å². The van der Waals surface area contributed by atoms with Gasteiger partial charge in [0.1, 0.15) is 17.2 Å². The van der Waals surface area contributed by atoms with Crippen molar-refractivity contribution < 1.29 is 32.9 Å². The third kappa shape index (κ3) is 6.76. The minimum absolute atomic E-state index is 0.0991. The average Bonchev–Trinajstić information content (AvgIpc) is 2.69. The summed E-state index contributed by atoms with van der Waals surface area (Å²) in [6.07, 6.45) is 0.302. The Morgan fingerprint density at radius 3 is 2.30 bits per heavy atom. The minimum Gasteiger partial charge on any atom is -0.493 e. The standard InChI is InChI=1S/C23H27FO6/c1-23(2,3)30-22(26)14-29-17-8-6-7-16(11-17)19(25)10-9-15-12-20(27-4)21(28-5)13-18(15)24/h6-8,11-13H,9-10,14H2,1-5H3. The number of Topliss-reactive ketones (excluding diaryl/α,β-unsaturated/α-hetero) is 1. The number of aryl methyl sites for hydroxylation is 1. The smallest absolute Gasteiger partial charge is 0.344 e. The van der Waals surface area contributed by atoms with E-state index < -0.39 is 17.4 Å². The van der Waals surface area contributed by atoms with E-state index >= 15 is 0 Å². The molecule has 2 aromatic carbocycles. The molecule has 0 atom stereocenters. The van der Waals surface area contributed by atoms with Gasteiger partial charge in [-0.25, -0.2) is 9.18 Å². The van der Waals surface area contributed by atoms with Crippen molar-refractivity contribution in [1.82, 2.24) is 0 Å². The van der Waals surface area contributed by atoms with Crippen LogP contribution in [-0.2, 0) is 16.0 Å². The number of esters is 1. The van der Waals surface area contributed by atoms with Gasteiger partial charge >= 0.3 is 5.97 Å². The number of ether oxygens (including phenoxy) is 4. The van der Waals surface area contributed by atoms with Crippen LogP contribution in [0.3, 0.4) is 0 Å².